The molecule has 2 nitrogen and oxygen atoms in total. The van der Waals surface area contributed by atoms with E-state index in [4.69, 9.17) is 0 Å². The number of halogens is 1. The molecular formula is C16H23FN2. The Labute approximate surface area is 115 Å². The number of hydrogen-bond acceptors (Lipinski definition) is 2. The lowest BCUT2D eigenvalue weighted by atomic mass is 9.75. The summed E-state index contributed by atoms with van der Waals surface area (Å²) in [6.07, 6.45) is 3.93. The fraction of sp³-hybridized carbons (Fsp3) is 0.625. The predicted molar refractivity (Wildman–Crippen MR) is 75.7 cm³/mol. The largest absolute Gasteiger partial charge is 0.314 e. The number of aryl methyl sites for hydroxylation is 1. The molecule has 1 aliphatic carbocycles. The van der Waals surface area contributed by atoms with Crippen LogP contribution in [-0.2, 0) is 0 Å². The van der Waals surface area contributed by atoms with Crippen LogP contribution in [-0.4, -0.2) is 31.1 Å². The van der Waals surface area contributed by atoms with E-state index in [2.05, 4.69) is 17.1 Å². The van der Waals surface area contributed by atoms with Gasteiger partial charge >= 0.3 is 0 Å². The van der Waals surface area contributed by atoms with E-state index in [1.807, 2.05) is 6.07 Å². The van der Waals surface area contributed by atoms with Crippen molar-refractivity contribution in [1.82, 2.24) is 10.2 Å². The molecule has 0 amide bonds. The quantitative estimate of drug-likeness (QED) is 0.901. The monoisotopic (exact) mass is 262 g/mol. The Morgan fingerprint density at radius 2 is 2.00 bits per heavy atom. The third-order valence-corrected chi connectivity index (χ3v) is 4.70. The van der Waals surface area contributed by atoms with Crippen molar-refractivity contribution in [2.75, 3.05) is 26.2 Å². The van der Waals surface area contributed by atoms with Gasteiger partial charge in [-0.15, -0.1) is 0 Å². The fourth-order valence-corrected chi connectivity index (χ4v) is 3.39. The van der Waals surface area contributed by atoms with Gasteiger partial charge in [0.2, 0.25) is 0 Å². The van der Waals surface area contributed by atoms with Gasteiger partial charge in [0.1, 0.15) is 5.82 Å². The second kappa shape index (κ2) is 5.59. The number of benzene rings is 1. The standard InChI is InChI=1S/C16H23FN2/c1-12-5-6-14(17)11-15(12)16(13-3-2-4-13)19-9-7-18-8-10-19/h5-6,11,13,16,18H,2-4,7-10H2,1H3/t16-/m1/s1. The second-order valence-electron chi connectivity index (χ2n) is 5.92. The average molecular weight is 262 g/mol. The zero-order valence-electron chi connectivity index (χ0n) is 11.7. The van der Waals surface area contributed by atoms with E-state index >= 15 is 0 Å². The highest BCUT2D eigenvalue weighted by atomic mass is 19.1. The summed E-state index contributed by atoms with van der Waals surface area (Å²) < 4.78 is 13.6. The van der Waals surface area contributed by atoms with Gasteiger partial charge in [0.15, 0.2) is 0 Å². The molecule has 2 fully saturated rings. The highest BCUT2D eigenvalue weighted by Crippen LogP contribution is 2.42. The maximum atomic E-state index is 13.6. The van der Waals surface area contributed by atoms with Crippen molar-refractivity contribution in [1.29, 1.82) is 0 Å². The molecule has 104 valence electrons. The van der Waals surface area contributed by atoms with Crippen molar-refractivity contribution in [2.24, 2.45) is 5.92 Å². The van der Waals surface area contributed by atoms with Gasteiger partial charge in [-0.25, -0.2) is 4.39 Å². The van der Waals surface area contributed by atoms with Crippen LogP contribution in [0.4, 0.5) is 4.39 Å². The highest BCUT2D eigenvalue weighted by molar-refractivity contribution is 5.30. The summed E-state index contributed by atoms with van der Waals surface area (Å²) in [5.41, 5.74) is 2.45. The SMILES string of the molecule is Cc1ccc(F)cc1[C@@H](C1CCC1)N1CCNCC1. The molecule has 2 aliphatic rings. The summed E-state index contributed by atoms with van der Waals surface area (Å²) in [6.45, 7) is 6.38. The molecule has 0 spiro atoms. The van der Waals surface area contributed by atoms with Crippen LogP contribution >= 0.6 is 0 Å². The second-order valence-corrected chi connectivity index (χ2v) is 5.92. The van der Waals surface area contributed by atoms with Gasteiger partial charge in [-0.1, -0.05) is 12.5 Å². The fourth-order valence-electron chi connectivity index (χ4n) is 3.39. The minimum Gasteiger partial charge on any atom is -0.314 e. The van der Waals surface area contributed by atoms with Crippen LogP contribution in [0.2, 0.25) is 0 Å². The number of piperazine rings is 1. The summed E-state index contributed by atoms with van der Waals surface area (Å²) in [4.78, 5) is 2.56. The Morgan fingerprint density at radius 1 is 1.26 bits per heavy atom. The van der Waals surface area contributed by atoms with E-state index in [0.29, 0.717) is 6.04 Å². The van der Waals surface area contributed by atoms with Crippen LogP contribution in [0.15, 0.2) is 18.2 Å². The first-order valence-corrected chi connectivity index (χ1v) is 7.46. The van der Waals surface area contributed by atoms with Crippen molar-refractivity contribution in [3.05, 3.63) is 35.1 Å². The third-order valence-electron chi connectivity index (χ3n) is 4.70. The summed E-state index contributed by atoms with van der Waals surface area (Å²) in [7, 11) is 0. The Kier molecular flexibility index (Phi) is 3.85. The molecule has 0 aromatic heterocycles. The maximum Gasteiger partial charge on any atom is 0.123 e. The highest BCUT2D eigenvalue weighted by Gasteiger charge is 2.34. The van der Waals surface area contributed by atoms with E-state index in [1.165, 1.54) is 30.4 Å². The van der Waals surface area contributed by atoms with E-state index < -0.39 is 0 Å². The predicted octanol–water partition coefficient (Wildman–Crippen LogP) is 2.88. The van der Waals surface area contributed by atoms with Crippen LogP contribution in [0.5, 0.6) is 0 Å². The van der Waals surface area contributed by atoms with Gasteiger partial charge in [0.25, 0.3) is 0 Å². The molecule has 1 N–H and O–H groups in total. The van der Waals surface area contributed by atoms with Gasteiger partial charge in [0.05, 0.1) is 0 Å². The Balaban J connectivity index is 1.90. The minimum absolute atomic E-state index is 0.0972. The average Bonchev–Trinajstić information content (AvgIpc) is 2.38. The molecule has 0 radical (unpaired) electrons. The molecule has 3 rings (SSSR count). The molecule has 1 aromatic rings. The molecule has 1 heterocycles. The third kappa shape index (κ3) is 2.67. The minimum atomic E-state index is -0.0972. The lowest BCUT2D eigenvalue weighted by Crippen LogP contribution is -2.48. The molecule has 0 bridgehead atoms. The maximum absolute atomic E-state index is 13.6. The Morgan fingerprint density at radius 3 is 2.63 bits per heavy atom. The van der Waals surface area contributed by atoms with Crippen molar-refractivity contribution in [2.45, 2.75) is 32.2 Å². The Bertz CT molecular complexity index is 436. The van der Waals surface area contributed by atoms with Crippen molar-refractivity contribution in [3.8, 4) is 0 Å². The number of rotatable bonds is 3. The lowest BCUT2D eigenvalue weighted by Gasteiger charge is -2.43. The van der Waals surface area contributed by atoms with Gasteiger partial charge in [-0.2, -0.15) is 0 Å². The van der Waals surface area contributed by atoms with Crippen LogP contribution in [0, 0.1) is 18.7 Å². The molecule has 1 saturated carbocycles. The first-order valence-electron chi connectivity index (χ1n) is 7.46. The van der Waals surface area contributed by atoms with Crippen molar-refractivity contribution in [3.63, 3.8) is 0 Å². The van der Waals surface area contributed by atoms with Gasteiger partial charge in [-0.3, -0.25) is 4.90 Å². The number of nitrogens with one attached hydrogen (secondary N) is 1. The van der Waals surface area contributed by atoms with Gasteiger partial charge in [0, 0.05) is 32.2 Å². The van der Waals surface area contributed by atoms with E-state index in [-0.39, 0.29) is 5.82 Å². The molecule has 1 aliphatic heterocycles. The normalized spacial score (nSPS) is 23.1. The molecule has 1 atom stereocenters. The smallest absolute Gasteiger partial charge is 0.123 e. The van der Waals surface area contributed by atoms with Crippen molar-refractivity contribution < 1.29 is 4.39 Å². The molecule has 19 heavy (non-hydrogen) atoms. The zero-order chi connectivity index (χ0) is 13.2. The van der Waals surface area contributed by atoms with E-state index in [1.54, 1.807) is 12.1 Å². The summed E-state index contributed by atoms with van der Waals surface area (Å²) >= 11 is 0. The number of nitrogens with zero attached hydrogens (tertiary/aromatic N) is 1. The summed E-state index contributed by atoms with van der Waals surface area (Å²) in [5, 5.41) is 3.41. The van der Waals surface area contributed by atoms with Gasteiger partial charge < -0.3 is 5.32 Å². The topological polar surface area (TPSA) is 15.3 Å². The molecule has 1 aromatic carbocycles. The molecule has 3 heteroatoms. The molecule has 0 unspecified atom stereocenters. The van der Waals surface area contributed by atoms with Crippen LogP contribution in [0.3, 0.4) is 0 Å². The lowest BCUT2D eigenvalue weighted by molar-refractivity contribution is 0.0831. The Hall–Kier alpha value is -0.930. The van der Waals surface area contributed by atoms with Gasteiger partial charge in [-0.05, 0) is 48.9 Å². The van der Waals surface area contributed by atoms with E-state index in [0.717, 1.165) is 32.1 Å². The first-order chi connectivity index (χ1) is 9.25. The van der Waals surface area contributed by atoms with Crippen LogP contribution in [0.1, 0.15) is 36.4 Å². The summed E-state index contributed by atoms with van der Waals surface area (Å²) in [5.74, 6) is 0.624. The number of hydrogen-bond donors (Lipinski definition) is 1. The summed E-state index contributed by atoms with van der Waals surface area (Å²) in [6, 6.07) is 5.69. The van der Waals surface area contributed by atoms with Crippen LogP contribution < -0.4 is 5.32 Å². The molecular weight excluding hydrogens is 239 g/mol. The first kappa shape index (κ1) is 13.1. The van der Waals surface area contributed by atoms with Crippen LogP contribution in [0.25, 0.3) is 0 Å². The van der Waals surface area contributed by atoms with E-state index in [9.17, 15) is 4.39 Å². The van der Waals surface area contributed by atoms with Crippen molar-refractivity contribution >= 4 is 0 Å². The zero-order valence-corrected chi connectivity index (χ0v) is 11.7. The molecule has 1 saturated heterocycles.